The Morgan fingerprint density at radius 1 is 1.13 bits per heavy atom. The molecular weight excluding hydrogens is 314 g/mol. The maximum absolute atomic E-state index is 13.0. The minimum Gasteiger partial charge on any atom is -0.404 e. The third-order valence-corrected chi connectivity index (χ3v) is 2.70. The van der Waals surface area contributed by atoms with E-state index in [1.165, 1.54) is 36.4 Å². The Kier molecular flexibility index (Phi) is 5.05. The number of nitrogens with two attached hydrogens (primary N) is 1. The van der Waals surface area contributed by atoms with E-state index in [4.69, 9.17) is 5.73 Å². The molecule has 2 aromatic rings. The average Bonchev–Trinajstić information content (AvgIpc) is 2.46. The Hall–Kier alpha value is -2.77. The van der Waals surface area contributed by atoms with Crippen LogP contribution in [0.5, 0.6) is 5.75 Å². The van der Waals surface area contributed by atoms with Crippen LogP contribution in [-0.4, -0.2) is 12.3 Å². The maximum atomic E-state index is 13.0. The number of hydrogen-bond donors (Lipinski definition) is 2. The predicted molar refractivity (Wildman–Crippen MR) is 78.5 cm³/mol. The summed E-state index contributed by atoms with van der Waals surface area (Å²) < 4.78 is 53.9. The van der Waals surface area contributed by atoms with E-state index in [1.807, 2.05) is 0 Å². The van der Waals surface area contributed by atoms with E-state index in [1.54, 1.807) is 6.07 Å². The molecule has 0 bridgehead atoms. The van der Waals surface area contributed by atoms with E-state index in [9.17, 15) is 17.6 Å². The average molecular weight is 327 g/mol. The quantitative estimate of drug-likeness (QED) is 0.512. The normalized spacial score (nSPS) is 12.1. The molecular formula is C15H13F4N3O. The van der Waals surface area contributed by atoms with Crippen LogP contribution in [-0.2, 0) is 6.54 Å². The van der Waals surface area contributed by atoms with Gasteiger partial charge in [-0.25, -0.2) is 9.38 Å². The highest BCUT2D eigenvalue weighted by Crippen LogP contribution is 2.29. The summed E-state index contributed by atoms with van der Waals surface area (Å²) in [7, 11) is 0. The second-order valence-electron chi connectivity index (χ2n) is 4.50. The summed E-state index contributed by atoms with van der Waals surface area (Å²) in [5.74, 6) is -0.954. The highest BCUT2D eigenvalue weighted by Gasteiger charge is 2.32. The summed E-state index contributed by atoms with van der Waals surface area (Å²) in [5, 5.41) is 2.53. The number of anilines is 1. The summed E-state index contributed by atoms with van der Waals surface area (Å²) in [5.41, 5.74) is 6.23. The number of para-hydroxylation sites is 2. The van der Waals surface area contributed by atoms with E-state index >= 15 is 0 Å². The molecule has 3 N–H and O–H groups in total. The molecule has 0 saturated heterocycles. The highest BCUT2D eigenvalue weighted by molar-refractivity contribution is 5.93. The van der Waals surface area contributed by atoms with Crippen molar-refractivity contribution in [3.8, 4) is 5.75 Å². The van der Waals surface area contributed by atoms with Crippen LogP contribution in [0.2, 0.25) is 0 Å². The zero-order valence-corrected chi connectivity index (χ0v) is 11.8. The Morgan fingerprint density at radius 3 is 2.57 bits per heavy atom. The smallest absolute Gasteiger partial charge is 0.404 e. The van der Waals surface area contributed by atoms with Crippen molar-refractivity contribution in [3.63, 3.8) is 0 Å². The molecule has 0 aliphatic heterocycles. The molecule has 122 valence electrons. The van der Waals surface area contributed by atoms with Gasteiger partial charge >= 0.3 is 6.36 Å². The number of alkyl halides is 3. The van der Waals surface area contributed by atoms with Crippen LogP contribution in [0.25, 0.3) is 0 Å². The number of nitrogens with zero attached hydrogens (tertiary/aromatic N) is 1. The summed E-state index contributed by atoms with van der Waals surface area (Å²) >= 11 is 0. The molecule has 2 aromatic carbocycles. The molecule has 0 aliphatic carbocycles. The van der Waals surface area contributed by atoms with E-state index in [0.29, 0.717) is 5.56 Å². The van der Waals surface area contributed by atoms with Gasteiger partial charge in [-0.15, -0.1) is 13.2 Å². The van der Waals surface area contributed by atoms with Crippen LogP contribution in [0.3, 0.4) is 0 Å². The molecule has 0 saturated carbocycles. The van der Waals surface area contributed by atoms with Gasteiger partial charge in [0.1, 0.15) is 5.82 Å². The Morgan fingerprint density at radius 2 is 1.87 bits per heavy atom. The molecule has 2 rings (SSSR count). The van der Waals surface area contributed by atoms with Crippen LogP contribution >= 0.6 is 0 Å². The Bertz CT molecular complexity index is 701. The molecule has 0 fully saturated rings. The van der Waals surface area contributed by atoms with Gasteiger partial charge < -0.3 is 15.8 Å². The third-order valence-electron chi connectivity index (χ3n) is 2.70. The molecule has 0 radical (unpaired) electrons. The van der Waals surface area contributed by atoms with Crippen molar-refractivity contribution in [1.82, 2.24) is 0 Å². The van der Waals surface area contributed by atoms with Crippen molar-refractivity contribution in [2.75, 3.05) is 5.32 Å². The molecule has 0 amide bonds. The van der Waals surface area contributed by atoms with E-state index < -0.39 is 17.9 Å². The van der Waals surface area contributed by atoms with E-state index in [2.05, 4.69) is 15.0 Å². The van der Waals surface area contributed by atoms with Gasteiger partial charge in [0.25, 0.3) is 0 Å². The maximum Gasteiger partial charge on any atom is 0.573 e. The topological polar surface area (TPSA) is 59.6 Å². The molecule has 8 heteroatoms. The van der Waals surface area contributed by atoms with Gasteiger partial charge in [0, 0.05) is 0 Å². The van der Waals surface area contributed by atoms with Crippen LogP contribution in [0.1, 0.15) is 5.56 Å². The number of guanidine groups is 1. The lowest BCUT2D eigenvalue weighted by Gasteiger charge is -2.14. The second-order valence-corrected chi connectivity index (χ2v) is 4.50. The Balaban J connectivity index is 2.08. The highest BCUT2D eigenvalue weighted by atomic mass is 19.4. The first-order valence-corrected chi connectivity index (χ1v) is 6.49. The predicted octanol–water partition coefficient (Wildman–Crippen LogP) is 3.65. The van der Waals surface area contributed by atoms with Crippen molar-refractivity contribution in [1.29, 1.82) is 0 Å². The number of hydrogen-bond acceptors (Lipinski definition) is 2. The molecule has 0 atom stereocenters. The second kappa shape index (κ2) is 6.99. The van der Waals surface area contributed by atoms with Gasteiger partial charge in [0.2, 0.25) is 0 Å². The molecule has 0 aliphatic rings. The summed E-state index contributed by atoms with van der Waals surface area (Å²) in [6.07, 6.45) is -4.81. The SMILES string of the molecule is NC(=NCc1cccc(F)c1)Nc1ccccc1OC(F)(F)F. The molecule has 23 heavy (non-hydrogen) atoms. The molecule has 0 unspecified atom stereocenters. The number of halogens is 4. The first-order chi connectivity index (χ1) is 10.8. The van der Waals surface area contributed by atoms with Crippen LogP contribution < -0.4 is 15.8 Å². The van der Waals surface area contributed by atoms with Crippen molar-refractivity contribution >= 4 is 11.6 Å². The van der Waals surface area contributed by atoms with Crippen LogP contribution in [0.15, 0.2) is 53.5 Å². The number of benzene rings is 2. The van der Waals surface area contributed by atoms with Crippen molar-refractivity contribution in [2.45, 2.75) is 12.9 Å². The summed E-state index contributed by atoms with van der Waals surface area (Å²) in [4.78, 5) is 3.95. The zero-order valence-electron chi connectivity index (χ0n) is 11.8. The molecule has 0 heterocycles. The first-order valence-electron chi connectivity index (χ1n) is 6.49. The summed E-state index contributed by atoms with van der Waals surface area (Å²) in [6, 6.07) is 11.2. The van der Waals surface area contributed by atoms with Crippen molar-refractivity contribution in [2.24, 2.45) is 10.7 Å². The zero-order chi connectivity index (χ0) is 16.9. The number of nitrogens with one attached hydrogen (secondary N) is 1. The minimum absolute atomic E-state index is 0.0188. The minimum atomic E-state index is -4.81. The summed E-state index contributed by atoms with van der Waals surface area (Å²) in [6.45, 7) is 0.0822. The molecule has 4 nitrogen and oxygen atoms in total. The molecule has 0 aromatic heterocycles. The van der Waals surface area contributed by atoms with Gasteiger partial charge in [-0.2, -0.15) is 0 Å². The van der Waals surface area contributed by atoms with Crippen molar-refractivity contribution in [3.05, 3.63) is 59.9 Å². The van der Waals surface area contributed by atoms with Crippen LogP contribution in [0, 0.1) is 5.82 Å². The standard InChI is InChI=1S/C15H13F4N3O/c16-11-5-3-4-10(8-11)9-21-14(20)22-12-6-1-2-7-13(12)23-15(17,18)19/h1-8H,9H2,(H3,20,21,22). The number of rotatable bonds is 4. The van der Waals surface area contributed by atoms with Gasteiger partial charge in [0.15, 0.2) is 11.7 Å². The lowest BCUT2D eigenvalue weighted by atomic mass is 10.2. The first kappa shape index (κ1) is 16.6. The van der Waals surface area contributed by atoms with E-state index in [-0.39, 0.29) is 18.2 Å². The molecule has 0 spiro atoms. The Labute approximate surface area is 129 Å². The fourth-order valence-electron chi connectivity index (χ4n) is 1.77. The van der Waals surface area contributed by atoms with Gasteiger partial charge in [0.05, 0.1) is 12.2 Å². The fraction of sp³-hybridized carbons (Fsp3) is 0.133. The lowest BCUT2D eigenvalue weighted by molar-refractivity contribution is -0.274. The van der Waals surface area contributed by atoms with Crippen molar-refractivity contribution < 1.29 is 22.3 Å². The number of ether oxygens (including phenoxy) is 1. The monoisotopic (exact) mass is 327 g/mol. The van der Waals surface area contributed by atoms with Crippen LogP contribution in [0.4, 0.5) is 23.2 Å². The van der Waals surface area contributed by atoms with Gasteiger partial charge in [-0.3, -0.25) is 0 Å². The largest absolute Gasteiger partial charge is 0.573 e. The van der Waals surface area contributed by atoms with E-state index in [0.717, 1.165) is 6.07 Å². The van der Waals surface area contributed by atoms with Gasteiger partial charge in [-0.05, 0) is 29.8 Å². The third kappa shape index (κ3) is 5.50. The van der Waals surface area contributed by atoms with Gasteiger partial charge in [-0.1, -0.05) is 24.3 Å². The number of aliphatic imine (C=N–C) groups is 1. The fourth-order valence-corrected chi connectivity index (χ4v) is 1.77. The lowest BCUT2D eigenvalue weighted by Crippen LogP contribution is -2.24.